The summed E-state index contributed by atoms with van der Waals surface area (Å²) in [6.07, 6.45) is 2.07. The van der Waals surface area contributed by atoms with Gasteiger partial charge in [-0.3, -0.25) is 9.78 Å². The van der Waals surface area contributed by atoms with Gasteiger partial charge in [0.15, 0.2) is 5.65 Å². The van der Waals surface area contributed by atoms with Crippen LogP contribution in [0.2, 0.25) is 0 Å². The van der Waals surface area contributed by atoms with Crippen molar-refractivity contribution in [1.82, 2.24) is 19.7 Å². The Bertz CT molecular complexity index is 876. The number of H-pyrrole nitrogens is 1. The second-order valence-electron chi connectivity index (χ2n) is 6.60. The first-order chi connectivity index (χ1) is 11.4. The minimum atomic E-state index is -0.280. The number of aromatic amines is 1. The van der Waals surface area contributed by atoms with Gasteiger partial charge in [0.05, 0.1) is 17.8 Å². The van der Waals surface area contributed by atoms with Gasteiger partial charge in [0.2, 0.25) is 5.95 Å². The van der Waals surface area contributed by atoms with E-state index in [2.05, 4.69) is 20.4 Å². The van der Waals surface area contributed by atoms with Crippen LogP contribution in [-0.4, -0.2) is 31.5 Å². The minimum absolute atomic E-state index is 0.0436. The molecule has 1 unspecified atom stereocenters. The predicted octanol–water partition coefficient (Wildman–Crippen LogP) is 2.47. The lowest BCUT2D eigenvalue weighted by atomic mass is 10.1. The summed E-state index contributed by atoms with van der Waals surface area (Å²) in [5.74, 6) is 0.380. The van der Waals surface area contributed by atoms with Crippen LogP contribution < -0.4 is 10.9 Å². The number of hydrogen-bond donors (Lipinski definition) is 3. The summed E-state index contributed by atoms with van der Waals surface area (Å²) in [4.78, 5) is 20.7. The normalized spacial score (nSPS) is 13.3. The summed E-state index contributed by atoms with van der Waals surface area (Å²) in [5.41, 5.74) is 0.0348. The van der Waals surface area contributed by atoms with E-state index in [4.69, 9.17) is 0 Å². The summed E-state index contributed by atoms with van der Waals surface area (Å²) in [6, 6.07) is 3.84. The van der Waals surface area contributed by atoms with E-state index >= 15 is 0 Å². The van der Waals surface area contributed by atoms with Crippen LogP contribution in [0.15, 0.2) is 28.5 Å². The molecule has 3 aromatic heterocycles. The molecule has 0 aliphatic heterocycles. The van der Waals surface area contributed by atoms with Crippen LogP contribution in [0.1, 0.15) is 38.1 Å². The first kappa shape index (κ1) is 16.7. The summed E-state index contributed by atoms with van der Waals surface area (Å²) in [7, 11) is 0. The van der Waals surface area contributed by atoms with Crippen molar-refractivity contribution in [2.45, 2.75) is 38.8 Å². The molecular weight excluding hydrogens is 326 g/mol. The average Bonchev–Trinajstić information content (AvgIpc) is 3.15. The Morgan fingerprint density at radius 1 is 1.46 bits per heavy atom. The zero-order valence-corrected chi connectivity index (χ0v) is 14.7. The topological polar surface area (TPSA) is 95.8 Å². The van der Waals surface area contributed by atoms with Gasteiger partial charge in [0.1, 0.15) is 5.39 Å². The Kier molecular flexibility index (Phi) is 4.42. The maximum atomic E-state index is 12.3. The lowest BCUT2D eigenvalue weighted by molar-refractivity contribution is 0.280. The second kappa shape index (κ2) is 6.37. The number of aliphatic hydroxyl groups is 1. The first-order valence-electron chi connectivity index (χ1n) is 7.79. The first-order valence-corrected chi connectivity index (χ1v) is 8.67. The number of rotatable bonds is 5. The molecule has 24 heavy (non-hydrogen) atoms. The quantitative estimate of drug-likeness (QED) is 0.659. The monoisotopic (exact) mass is 347 g/mol. The molecule has 3 N–H and O–H groups in total. The molecule has 0 aliphatic rings. The largest absolute Gasteiger partial charge is 0.396 e. The van der Waals surface area contributed by atoms with Crippen LogP contribution >= 0.6 is 11.3 Å². The van der Waals surface area contributed by atoms with Crippen LogP contribution in [0, 0.1) is 0 Å². The molecule has 3 aromatic rings. The molecule has 0 bridgehead atoms. The van der Waals surface area contributed by atoms with Crippen molar-refractivity contribution in [3.8, 4) is 0 Å². The van der Waals surface area contributed by atoms with Crippen LogP contribution in [0.5, 0.6) is 0 Å². The van der Waals surface area contributed by atoms with Crippen molar-refractivity contribution in [2.24, 2.45) is 0 Å². The van der Waals surface area contributed by atoms with Gasteiger partial charge < -0.3 is 10.4 Å². The molecule has 3 heterocycles. The van der Waals surface area contributed by atoms with Crippen molar-refractivity contribution >= 4 is 28.3 Å². The number of nitrogens with zero attached hydrogens (tertiary/aromatic N) is 3. The van der Waals surface area contributed by atoms with E-state index in [1.54, 1.807) is 22.2 Å². The summed E-state index contributed by atoms with van der Waals surface area (Å²) < 4.78 is 1.74. The SMILES string of the molecule is CC(C)(C)n1ncc2c(=O)[nH]c(NC(CCO)c3cccs3)nc21. The van der Waals surface area contributed by atoms with Crippen molar-refractivity contribution in [2.75, 3.05) is 11.9 Å². The molecule has 3 rings (SSSR count). The predicted molar refractivity (Wildman–Crippen MR) is 95.5 cm³/mol. The smallest absolute Gasteiger partial charge is 0.263 e. The number of nitrogens with one attached hydrogen (secondary N) is 2. The number of hydrogen-bond acceptors (Lipinski definition) is 6. The zero-order valence-electron chi connectivity index (χ0n) is 13.9. The summed E-state index contributed by atoms with van der Waals surface area (Å²) in [5, 5.41) is 19.3. The second-order valence-corrected chi connectivity index (χ2v) is 7.58. The van der Waals surface area contributed by atoms with Crippen molar-refractivity contribution < 1.29 is 5.11 Å². The van der Waals surface area contributed by atoms with Gasteiger partial charge >= 0.3 is 0 Å². The number of fused-ring (bicyclic) bond motifs is 1. The van der Waals surface area contributed by atoms with Gasteiger partial charge in [0, 0.05) is 11.5 Å². The molecule has 0 saturated carbocycles. The van der Waals surface area contributed by atoms with Crippen molar-refractivity contribution in [3.63, 3.8) is 0 Å². The maximum absolute atomic E-state index is 12.3. The van der Waals surface area contributed by atoms with Gasteiger partial charge in [-0.15, -0.1) is 11.3 Å². The molecule has 0 aliphatic carbocycles. The molecule has 0 fully saturated rings. The fraction of sp³-hybridized carbons (Fsp3) is 0.438. The fourth-order valence-electron chi connectivity index (χ4n) is 2.55. The summed E-state index contributed by atoms with van der Waals surface area (Å²) in [6.45, 7) is 6.07. The van der Waals surface area contributed by atoms with E-state index in [-0.39, 0.29) is 23.7 Å². The molecule has 0 spiro atoms. The van der Waals surface area contributed by atoms with Crippen LogP contribution in [0.3, 0.4) is 0 Å². The van der Waals surface area contributed by atoms with Crippen LogP contribution in [0.4, 0.5) is 5.95 Å². The molecule has 0 radical (unpaired) electrons. The zero-order chi connectivity index (χ0) is 17.3. The standard InChI is InChI=1S/C16H21N5O2S/c1-16(2,3)21-13-10(9-17-21)14(23)20-15(19-13)18-11(6-7-22)12-5-4-8-24-12/h4-5,8-9,11,22H,6-7H2,1-3H3,(H2,18,19,20,23). The lowest BCUT2D eigenvalue weighted by Crippen LogP contribution is -2.24. The van der Waals surface area contributed by atoms with Gasteiger partial charge in [-0.05, 0) is 38.6 Å². The van der Waals surface area contributed by atoms with E-state index in [0.29, 0.717) is 23.4 Å². The Labute approximate surface area is 143 Å². The highest BCUT2D eigenvalue weighted by atomic mass is 32.1. The maximum Gasteiger partial charge on any atom is 0.263 e. The molecule has 0 aromatic carbocycles. The fourth-order valence-corrected chi connectivity index (χ4v) is 3.36. The Balaban J connectivity index is 2.01. The Morgan fingerprint density at radius 3 is 2.88 bits per heavy atom. The van der Waals surface area contributed by atoms with E-state index < -0.39 is 0 Å². The summed E-state index contributed by atoms with van der Waals surface area (Å²) >= 11 is 1.60. The number of aliphatic hydroxyl groups excluding tert-OH is 1. The minimum Gasteiger partial charge on any atom is -0.396 e. The van der Waals surface area contributed by atoms with Gasteiger partial charge in [-0.25, -0.2) is 4.68 Å². The average molecular weight is 347 g/mol. The molecule has 0 saturated heterocycles. The van der Waals surface area contributed by atoms with E-state index in [9.17, 15) is 9.90 Å². The highest BCUT2D eigenvalue weighted by molar-refractivity contribution is 7.10. The molecule has 128 valence electrons. The molecule has 8 heteroatoms. The molecule has 7 nitrogen and oxygen atoms in total. The molecular formula is C16H21N5O2S. The van der Waals surface area contributed by atoms with E-state index in [1.165, 1.54) is 0 Å². The number of aromatic nitrogens is 4. The molecule has 1 atom stereocenters. The van der Waals surface area contributed by atoms with E-state index in [0.717, 1.165) is 4.88 Å². The third-order valence-corrected chi connectivity index (χ3v) is 4.67. The highest BCUT2D eigenvalue weighted by Gasteiger charge is 2.21. The lowest BCUT2D eigenvalue weighted by Gasteiger charge is -2.20. The van der Waals surface area contributed by atoms with Gasteiger partial charge in [0.25, 0.3) is 5.56 Å². The van der Waals surface area contributed by atoms with Crippen LogP contribution in [0.25, 0.3) is 11.0 Å². The van der Waals surface area contributed by atoms with Gasteiger partial charge in [-0.1, -0.05) is 6.07 Å². The van der Waals surface area contributed by atoms with Crippen molar-refractivity contribution in [1.29, 1.82) is 0 Å². The number of thiophene rings is 1. The van der Waals surface area contributed by atoms with Gasteiger partial charge in [-0.2, -0.15) is 10.1 Å². The molecule has 0 amide bonds. The highest BCUT2D eigenvalue weighted by Crippen LogP contribution is 2.25. The van der Waals surface area contributed by atoms with E-state index in [1.807, 2.05) is 38.3 Å². The Hall–Kier alpha value is -2.19. The Morgan fingerprint density at radius 2 is 2.25 bits per heavy atom. The third-order valence-electron chi connectivity index (χ3n) is 3.69. The van der Waals surface area contributed by atoms with Crippen molar-refractivity contribution in [3.05, 3.63) is 38.9 Å². The third kappa shape index (κ3) is 3.20. The van der Waals surface area contributed by atoms with Crippen LogP contribution in [-0.2, 0) is 5.54 Å². The number of anilines is 1.